The van der Waals surface area contributed by atoms with E-state index in [0.717, 1.165) is 0 Å². The summed E-state index contributed by atoms with van der Waals surface area (Å²) in [6.45, 7) is -0.646. The number of para-hydroxylation sites is 1. The summed E-state index contributed by atoms with van der Waals surface area (Å²) in [4.78, 5) is 25.5. The van der Waals surface area contributed by atoms with Crippen molar-refractivity contribution in [1.29, 1.82) is 5.26 Å². The number of nitriles is 1. The molecule has 0 N–H and O–H groups in total. The van der Waals surface area contributed by atoms with Gasteiger partial charge in [-0.1, -0.05) is 29.8 Å². The minimum Gasteiger partial charge on any atom is -0.493 e. The quantitative estimate of drug-likeness (QED) is 0.373. The fourth-order valence-electron chi connectivity index (χ4n) is 2.46. The molecule has 0 unspecified atom stereocenters. The Kier molecular flexibility index (Phi) is 8.07. The summed E-state index contributed by atoms with van der Waals surface area (Å²) >= 11 is 6.12. The van der Waals surface area contributed by atoms with Gasteiger partial charge in [-0.15, -0.1) is 0 Å². The van der Waals surface area contributed by atoms with Crippen molar-refractivity contribution in [3.8, 4) is 17.6 Å². The van der Waals surface area contributed by atoms with E-state index in [1.807, 2.05) is 6.07 Å². The van der Waals surface area contributed by atoms with Crippen LogP contribution in [0.5, 0.6) is 11.5 Å². The summed E-state index contributed by atoms with van der Waals surface area (Å²) in [6, 6.07) is 13.8. The predicted octanol–water partition coefficient (Wildman–Crippen LogP) is 3.47. The fraction of sp³-hybridized carbons (Fsp3) is 0.190. The summed E-state index contributed by atoms with van der Waals surface area (Å²) in [5.74, 6) is -0.418. The average molecular weight is 415 g/mol. The number of esters is 1. The van der Waals surface area contributed by atoms with Gasteiger partial charge in [-0.3, -0.25) is 9.69 Å². The fourth-order valence-corrected chi connectivity index (χ4v) is 2.76. The molecule has 0 spiro atoms. The molecular formula is C21H19ClN2O5. The van der Waals surface area contributed by atoms with Crippen molar-refractivity contribution >= 4 is 35.2 Å². The van der Waals surface area contributed by atoms with E-state index in [2.05, 4.69) is 0 Å². The van der Waals surface area contributed by atoms with Crippen molar-refractivity contribution in [1.82, 2.24) is 0 Å². The van der Waals surface area contributed by atoms with E-state index >= 15 is 0 Å². The molecule has 0 saturated carbocycles. The second-order valence-corrected chi connectivity index (χ2v) is 6.06. The van der Waals surface area contributed by atoms with Crippen LogP contribution in [0.25, 0.3) is 6.08 Å². The lowest BCUT2D eigenvalue weighted by molar-refractivity contribution is -0.142. The van der Waals surface area contributed by atoms with Gasteiger partial charge < -0.3 is 14.2 Å². The smallest absolute Gasteiger partial charge is 0.331 e. The summed E-state index contributed by atoms with van der Waals surface area (Å²) in [7, 11) is 2.94. The summed E-state index contributed by atoms with van der Waals surface area (Å²) < 4.78 is 15.3. The van der Waals surface area contributed by atoms with Gasteiger partial charge in [0.25, 0.3) is 5.91 Å². The van der Waals surface area contributed by atoms with Gasteiger partial charge in [0.2, 0.25) is 0 Å². The molecule has 0 aromatic heterocycles. The second-order valence-electron chi connectivity index (χ2n) is 5.65. The maximum Gasteiger partial charge on any atom is 0.331 e. The van der Waals surface area contributed by atoms with Gasteiger partial charge in [-0.2, -0.15) is 5.26 Å². The number of anilines is 1. The summed E-state index contributed by atoms with van der Waals surface area (Å²) in [6.07, 6.45) is 2.65. The molecule has 29 heavy (non-hydrogen) atoms. The molecule has 0 saturated heterocycles. The Labute approximate surface area is 173 Å². The molecule has 2 aromatic rings. The number of hydrogen-bond donors (Lipinski definition) is 0. The van der Waals surface area contributed by atoms with E-state index in [0.29, 0.717) is 27.8 Å². The van der Waals surface area contributed by atoms with Crippen molar-refractivity contribution in [2.24, 2.45) is 0 Å². The number of carbonyl (C=O) groups is 2. The van der Waals surface area contributed by atoms with Gasteiger partial charge in [0, 0.05) is 11.8 Å². The van der Waals surface area contributed by atoms with E-state index in [4.69, 9.17) is 31.1 Å². The number of carbonyl (C=O) groups excluding carboxylic acids is 2. The van der Waals surface area contributed by atoms with E-state index < -0.39 is 18.5 Å². The number of amides is 1. The molecule has 150 valence electrons. The lowest BCUT2D eigenvalue weighted by Gasteiger charge is -2.19. The monoisotopic (exact) mass is 414 g/mol. The number of methoxy groups -OCH3 is 2. The van der Waals surface area contributed by atoms with Crippen LogP contribution in [-0.2, 0) is 14.3 Å². The number of halogens is 1. The molecule has 0 bridgehead atoms. The van der Waals surface area contributed by atoms with Crippen molar-refractivity contribution in [3.63, 3.8) is 0 Å². The molecule has 7 nitrogen and oxygen atoms in total. The maximum atomic E-state index is 12.3. The molecule has 0 aliphatic heterocycles. The molecule has 0 fully saturated rings. The van der Waals surface area contributed by atoms with Crippen molar-refractivity contribution in [2.45, 2.75) is 0 Å². The molecule has 0 atom stereocenters. The Bertz CT molecular complexity index is 938. The Morgan fingerprint density at radius 1 is 1.17 bits per heavy atom. The van der Waals surface area contributed by atoms with Crippen molar-refractivity contribution in [3.05, 3.63) is 59.1 Å². The van der Waals surface area contributed by atoms with Gasteiger partial charge in [0.15, 0.2) is 18.1 Å². The first-order valence-electron chi connectivity index (χ1n) is 8.48. The highest BCUT2D eigenvalue weighted by molar-refractivity contribution is 6.32. The first kappa shape index (κ1) is 21.8. The Hall–Kier alpha value is -3.50. The van der Waals surface area contributed by atoms with Crippen LogP contribution in [0.15, 0.2) is 48.5 Å². The Morgan fingerprint density at radius 2 is 1.90 bits per heavy atom. The van der Waals surface area contributed by atoms with Crippen molar-refractivity contribution in [2.75, 3.05) is 32.3 Å². The van der Waals surface area contributed by atoms with Crippen LogP contribution >= 0.6 is 11.6 Å². The highest BCUT2D eigenvalue weighted by Crippen LogP contribution is 2.36. The standard InChI is InChI=1S/C21H19ClN2O5/c1-27-18-13-15(12-17(22)21(18)28-2)8-9-20(26)29-14-19(25)24(11-10-23)16-6-4-3-5-7-16/h3-9,12-13H,11,14H2,1-2H3/b9-8+. The third-order valence-electron chi connectivity index (χ3n) is 3.80. The van der Waals surface area contributed by atoms with E-state index in [-0.39, 0.29) is 6.54 Å². The zero-order valence-electron chi connectivity index (χ0n) is 15.9. The molecular weight excluding hydrogens is 396 g/mol. The van der Waals surface area contributed by atoms with Crippen LogP contribution in [0.4, 0.5) is 5.69 Å². The van der Waals surface area contributed by atoms with Crippen LogP contribution < -0.4 is 14.4 Å². The maximum absolute atomic E-state index is 12.3. The van der Waals surface area contributed by atoms with Gasteiger partial charge in [0.1, 0.15) is 6.54 Å². The highest BCUT2D eigenvalue weighted by atomic mass is 35.5. The molecule has 2 aromatic carbocycles. The first-order valence-corrected chi connectivity index (χ1v) is 8.86. The number of ether oxygens (including phenoxy) is 3. The summed E-state index contributed by atoms with van der Waals surface area (Å²) in [5, 5.41) is 9.27. The number of benzene rings is 2. The molecule has 8 heteroatoms. The molecule has 2 rings (SSSR count). The van der Waals surface area contributed by atoms with E-state index in [1.54, 1.807) is 42.5 Å². The molecule has 0 aliphatic carbocycles. The van der Waals surface area contributed by atoms with Gasteiger partial charge >= 0.3 is 5.97 Å². The zero-order valence-corrected chi connectivity index (χ0v) is 16.7. The first-order chi connectivity index (χ1) is 14.0. The topological polar surface area (TPSA) is 88.9 Å². The van der Waals surface area contributed by atoms with E-state index in [9.17, 15) is 9.59 Å². The van der Waals surface area contributed by atoms with Crippen LogP contribution in [0.3, 0.4) is 0 Å². The largest absolute Gasteiger partial charge is 0.493 e. The van der Waals surface area contributed by atoms with E-state index in [1.165, 1.54) is 31.3 Å². The zero-order chi connectivity index (χ0) is 21.2. The highest BCUT2D eigenvalue weighted by Gasteiger charge is 2.16. The third kappa shape index (κ3) is 5.99. The lowest BCUT2D eigenvalue weighted by Crippen LogP contribution is -2.34. The summed E-state index contributed by atoms with van der Waals surface area (Å²) in [5.41, 5.74) is 1.14. The van der Waals surface area contributed by atoms with Crippen LogP contribution in [0.1, 0.15) is 5.56 Å². The second kappa shape index (κ2) is 10.7. The van der Waals surface area contributed by atoms with Gasteiger partial charge in [0.05, 0.1) is 25.3 Å². The van der Waals surface area contributed by atoms with Gasteiger partial charge in [-0.05, 0) is 35.9 Å². The SMILES string of the molecule is COc1cc(/C=C/C(=O)OCC(=O)N(CC#N)c2ccccc2)cc(Cl)c1OC. The number of nitrogens with zero attached hydrogens (tertiary/aromatic N) is 2. The third-order valence-corrected chi connectivity index (χ3v) is 4.08. The van der Waals surface area contributed by atoms with Crippen LogP contribution in [0.2, 0.25) is 5.02 Å². The molecule has 1 amide bonds. The predicted molar refractivity (Wildman–Crippen MR) is 109 cm³/mol. The minimum atomic E-state index is -0.714. The molecule has 0 radical (unpaired) electrons. The Balaban J connectivity index is 2.01. The van der Waals surface area contributed by atoms with Crippen LogP contribution in [-0.4, -0.2) is 39.2 Å². The average Bonchev–Trinajstić information content (AvgIpc) is 2.74. The van der Waals surface area contributed by atoms with Crippen molar-refractivity contribution < 1.29 is 23.8 Å². The van der Waals surface area contributed by atoms with Gasteiger partial charge in [-0.25, -0.2) is 4.79 Å². The number of rotatable bonds is 8. The normalized spacial score (nSPS) is 10.3. The van der Waals surface area contributed by atoms with Crippen LogP contribution in [0, 0.1) is 11.3 Å². The molecule has 0 heterocycles. The minimum absolute atomic E-state index is 0.152. The number of hydrogen-bond acceptors (Lipinski definition) is 6. The Morgan fingerprint density at radius 3 is 2.52 bits per heavy atom. The molecule has 0 aliphatic rings. The lowest BCUT2D eigenvalue weighted by atomic mass is 10.2.